The zero-order valence-corrected chi connectivity index (χ0v) is 10.9. The van der Waals surface area contributed by atoms with Crippen molar-refractivity contribution in [2.24, 2.45) is 5.92 Å². The Morgan fingerprint density at radius 1 is 1.18 bits per heavy atom. The van der Waals surface area contributed by atoms with Crippen molar-refractivity contribution >= 4 is 5.78 Å². The van der Waals surface area contributed by atoms with Crippen molar-refractivity contribution in [3.63, 3.8) is 0 Å². The first kappa shape index (κ1) is 12.2. The fourth-order valence-corrected chi connectivity index (χ4v) is 2.84. The monoisotopic (exact) mass is 232 g/mol. The van der Waals surface area contributed by atoms with Crippen molar-refractivity contribution in [2.45, 2.75) is 39.5 Å². The van der Waals surface area contributed by atoms with E-state index >= 15 is 0 Å². The highest BCUT2D eigenvalue weighted by Crippen LogP contribution is 2.31. The van der Waals surface area contributed by atoms with Crippen LogP contribution in [0.1, 0.15) is 47.2 Å². The topological polar surface area (TPSA) is 26.3 Å². The maximum atomic E-state index is 12.3. The molecule has 2 rings (SSSR count). The third kappa shape index (κ3) is 2.36. The first-order valence-electron chi connectivity index (χ1n) is 6.33. The van der Waals surface area contributed by atoms with E-state index in [0.717, 1.165) is 35.3 Å². The summed E-state index contributed by atoms with van der Waals surface area (Å²) in [5, 5.41) is 0. The Kier molecular flexibility index (Phi) is 3.51. The summed E-state index contributed by atoms with van der Waals surface area (Å²) in [6, 6.07) is 3.93. The van der Waals surface area contributed by atoms with Crippen LogP contribution in [-0.2, 0) is 0 Å². The molecule has 0 unspecified atom stereocenters. The van der Waals surface area contributed by atoms with Gasteiger partial charge in [0, 0.05) is 11.5 Å². The molecule has 0 heterocycles. The largest absolute Gasteiger partial charge is 0.496 e. The molecular weight excluding hydrogens is 212 g/mol. The number of ketones is 1. The van der Waals surface area contributed by atoms with Gasteiger partial charge in [-0.15, -0.1) is 0 Å². The molecule has 1 aliphatic carbocycles. The third-order valence-corrected chi connectivity index (χ3v) is 3.67. The lowest BCUT2D eigenvalue weighted by atomic mass is 9.93. The van der Waals surface area contributed by atoms with Crippen LogP contribution in [-0.4, -0.2) is 12.9 Å². The van der Waals surface area contributed by atoms with E-state index in [-0.39, 0.29) is 5.92 Å². The molecule has 2 heteroatoms. The summed E-state index contributed by atoms with van der Waals surface area (Å²) in [6.45, 7) is 3.99. The van der Waals surface area contributed by atoms with Gasteiger partial charge >= 0.3 is 0 Å². The second-order valence-corrected chi connectivity index (χ2v) is 4.99. The second kappa shape index (κ2) is 4.91. The number of aryl methyl sites for hydroxylation is 2. The average molecular weight is 232 g/mol. The molecule has 0 atom stereocenters. The summed E-state index contributed by atoms with van der Waals surface area (Å²) >= 11 is 0. The highest BCUT2D eigenvalue weighted by molar-refractivity contribution is 5.98. The molecule has 1 saturated carbocycles. The van der Waals surface area contributed by atoms with Crippen LogP contribution in [0.3, 0.4) is 0 Å². The van der Waals surface area contributed by atoms with Crippen molar-refractivity contribution < 1.29 is 9.53 Å². The zero-order valence-electron chi connectivity index (χ0n) is 10.9. The number of methoxy groups -OCH3 is 1. The number of Topliss-reactive ketones (excluding diaryl/α,β-unsaturated/α-hetero) is 1. The lowest BCUT2D eigenvalue weighted by Crippen LogP contribution is -2.11. The maximum Gasteiger partial charge on any atom is 0.165 e. The van der Waals surface area contributed by atoms with E-state index < -0.39 is 0 Å². The van der Waals surface area contributed by atoms with Crippen LogP contribution in [0.5, 0.6) is 5.75 Å². The van der Waals surface area contributed by atoms with Crippen molar-refractivity contribution in [1.29, 1.82) is 0 Å². The van der Waals surface area contributed by atoms with Gasteiger partial charge in [-0.3, -0.25) is 4.79 Å². The van der Waals surface area contributed by atoms with Crippen molar-refractivity contribution in [1.82, 2.24) is 0 Å². The molecule has 0 saturated heterocycles. The lowest BCUT2D eigenvalue weighted by Gasteiger charge is -2.13. The molecule has 17 heavy (non-hydrogen) atoms. The van der Waals surface area contributed by atoms with Gasteiger partial charge in [-0.05, 0) is 49.9 Å². The Morgan fingerprint density at radius 3 is 2.18 bits per heavy atom. The molecule has 0 radical (unpaired) electrons. The average Bonchev–Trinajstić information content (AvgIpc) is 2.81. The molecule has 0 aliphatic heterocycles. The van der Waals surface area contributed by atoms with Gasteiger partial charge in [0.25, 0.3) is 0 Å². The van der Waals surface area contributed by atoms with Crippen molar-refractivity contribution in [3.05, 3.63) is 28.8 Å². The van der Waals surface area contributed by atoms with Crippen LogP contribution in [0.4, 0.5) is 0 Å². The Balaban J connectivity index is 2.30. The minimum atomic E-state index is 0.252. The van der Waals surface area contributed by atoms with E-state index in [2.05, 4.69) is 0 Å². The van der Waals surface area contributed by atoms with E-state index in [1.165, 1.54) is 12.8 Å². The number of carbonyl (C=O) groups is 1. The minimum absolute atomic E-state index is 0.252. The Morgan fingerprint density at radius 2 is 1.71 bits per heavy atom. The Bertz CT molecular complexity index is 406. The molecule has 1 aliphatic rings. The fourth-order valence-electron chi connectivity index (χ4n) is 2.84. The number of benzene rings is 1. The van der Waals surface area contributed by atoms with Crippen LogP contribution in [0.15, 0.2) is 12.1 Å². The molecule has 0 bridgehead atoms. The number of carbonyl (C=O) groups excluding carboxylic acids is 1. The smallest absolute Gasteiger partial charge is 0.165 e. The second-order valence-electron chi connectivity index (χ2n) is 4.99. The molecule has 92 valence electrons. The van der Waals surface area contributed by atoms with E-state index in [4.69, 9.17) is 4.74 Å². The summed E-state index contributed by atoms with van der Waals surface area (Å²) in [4.78, 5) is 12.3. The Labute approximate surface area is 103 Å². The van der Waals surface area contributed by atoms with E-state index in [9.17, 15) is 4.79 Å². The van der Waals surface area contributed by atoms with Gasteiger partial charge < -0.3 is 4.74 Å². The molecule has 1 aromatic carbocycles. The summed E-state index contributed by atoms with van der Waals surface area (Å²) in [5.74, 6) is 1.46. The van der Waals surface area contributed by atoms with Gasteiger partial charge in [0.1, 0.15) is 5.75 Å². The number of hydrogen-bond acceptors (Lipinski definition) is 2. The van der Waals surface area contributed by atoms with E-state index in [1.807, 2.05) is 26.0 Å². The minimum Gasteiger partial charge on any atom is -0.496 e. The van der Waals surface area contributed by atoms with Crippen molar-refractivity contribution in [3.8, 4) is 5.75 Å². The molecule has 0 spiro atoms. The third-order valence-electron chi connectivity index (χ3n) is 3.67. The molecule has 0 amide bonds. The highest BCUT2D eigenvalue weighted by Gasteiger charge is 2.24. The van der Waals surface area contributed by atoms with Crippen molar-refractivity contribution in [2.75, 3.05) is 7.11 Å². The first-order chi connectivity index (χ1) is 8.13. The SMILES string of the molecule is COc1c(C)cc(C(=O)C2CCCC2)cc1C. The predicted octanol–water partition coefficient (Wildman–Crippen LogP) is 3.68. The quantitative estimate of drug-likeness (QED) is 0.743. The van der Waals surface area contributed by atoms with E-state index in [1.54, 1.807) is 7.11 Å². The summed E-state index contributed by atoms with van der Waals surface area (Å²) < 4.78 is 5.32. The van der Waals surface area contributed by atoms with E-state index in [0.29, 0.717) is 5.78 Å². The van der Waals surface area contributed by atoms with Gasteiger partial charge in [0.15, 0.2) is 5.78 Å². The summed E-state index contributed by atoms with van der Waals surface area (Å²) in [6.07, 6.45) is 4.51. The molecule has 0 aromatic heterocycles. The van der Waals surface area contributed by atoms with Crippen LogP contribution < -0.4 is 4.74 Å². The van der Waals surface area contributed by atoms with Crippen LogP contribution in [0, 0.1) is 19.8 Å². The van der Waals surface area contributed by atoms with Gasteiger partial charge in [0.05, 0.1) is 7.11 Å². The standard InChI is InChI=1S/C15H20O2/c1-10-8-13(9-11(2)15(10)17-3)14(16)12-6-4-5-7-12/h8-9,12H,4-7H2,1-3H3. The maximum absolute atomic E-state index is 12.3. The number of rotatable bonds is 3. The molecule has 0 N–H and O–H groups in total. The molecule has 2 nitrogen and oxygen atoms in total. The Hall–Kier alpha value is -1.31. The highest BCUT2D eigenvalue weighted by atomic mass is 16.5. The first-order valence-corrected chi connectivity index (χ1v) is 6.33. The van der Waals surface area contributed by atoms with Crippen LogP contribution >= 0.6 is 0 Å². The summed E-state index contributed by atoms with van der Waals surface area (Å²) in [5.41, 5.74) is 2.95. The zero-order chi connectivity index (χ0) is 12.4. The normalized spacial score (nSPS) is 16.2. The predicted molar refractivity (Wildman–Crippen MR) is 68.8 cm³/mol. The summed E-state index contributed by atoms with van der Waals surface area (Å²) in [7, 11) is 1.67. The van der Waals surface area contributed by atoms with Gasteiger partial charge in [-0.1, -0.05) is 12.8 Å². The van der Waals surface area contributed by atoms with Gasteiger partial charge in [0.2, 0.25) is 0 Å². The number of ether oxygens (including phenoxy) is 1. The van der Waals surface area contributed by atoms with Gasteiger partial charge in [-0.2, -0.15) is 0 Å². The van der Waals surface area contributed by atoms with Gasteiger partial charge in [-0.25, -0.2) is 0 Å². The molecule has 1 fully saturated rings. The fraction of sp³-hybridized carbons (Fsp3) is 0.533. The van der Waals surface area contributed by atoms with Crippen LogP contribution in [0.2, 0.25) is 0 Å². The number of hydrogen-bond donors (Lipinski definition) is 0. The molecular formula is C15H20O2. The lowest BCUT2D eigenvalue weighted by molar-refractivity contribution is 0.0922. The van der Waals surface area contributed by atoms with Crippen LogP contribution in [0.25, 0.3) is 0 Å². The molecule has 1 aromatic rings.